The summed E-state index contributed by atoms with van der Waals surface area (Å²) in [6.07, 6.45) is 0.251. The third-order valence-electron chi connectivity index (χ3n) is 3.51. The average molecular weight is 306 g/mol. The molecule has 0 aliphatic carbocycles. The van der Waals surface area contributed by atoms with Gasteiger partial charge >= 0.3 is 6.18 Å². The molecule has 0 heterocycles. The molecular weight excluding hydrogens is 284 g/mol. The molecule has 1 atom stereocenters. The maximum absolute atomic E-state index is 13.1. The topological polar surface area (TPSA) is 20.2 Å². The van der Waals surface area contributed by atoms with Crippen LogP contribution in [0.5, 0.6) is 0 Å². The summed E-state index contributed by atoms with van der Waals surface area (Å²) in [6.45, 7) is 2.10. The van der Waals surface area contributed by atoms with E-state index < -0.39 is 23.7 Å². The molecule has 0 radical (unpaired) electrons. The maximum atomic E-state index is 13.1. The van der Waals surface area contributed by atoms with E-state index in [2.05, 4.69) is 6.92 Å². The van der Waals surface area contributed by atoms with Crippen LogP contribution in [0.25, 0.3) is 0 Å². The Hall–Kier alpha value is -1.10. The van der Waals surface area contributed by atoms with Gasteiger partial charge in [-0.15, -0.1) is 0 Å². The molecule has 5 heteroatoms. The fourth-order valence-corrected chi connectivity index (χ4v) is 2.34. The van der Waals surface area contributed by atoms with Gasteiger partial charge in [-0.3, -0.25) is 0 Å². The lowest BCUT2D eigenvalue weighted by Gasteiger charge is -2.17. The highest BCUT2D eigenvalue weighted by atomic mass is 19.4. The van der Waals surface area contributed by atoms with Gasteiger partial charge in [-0.1, -0.05) is 45.4 Å². The Labute approximate surface area is 123 Å². The molecule has 0 aliphatic heterocycles. The second kappa shape index (κ2) is 8.37. The Kier molecular flexibility index (Phi) is 7.15. The van der Waals surface area contributed by atoms with Crippen LogP contribution < -0.4 is 0 Å². The molecule has 0 amide bonds. The smallest absolute Gasteiger partial charge is 0.388 e. The van der Waals surface area contributed by atoms with E-state index in [1.54, 1.807) is 0 Å². The van der Waals surface area contributed by atoms with Crippen LogP contribution in [0.15, 0.2) is 18.2 Å². The highest BCUT2D eigenvalue weighted by Gasteiger charge is 2.35. The van der Waals surface area contributed by atoms with Gasteiger partial charge in [0, 0.05) is 0 Å². The first-order valence-electron chi connectivity index (χ1n) is 7.41. The van der Waals surface area contributed by atoms with Crippen molar-refractivity contribution in [3.05, 3.63) is 35.1 Å². The van der Waals surface area contributed by atoms with E-state index in [0.29, 0.717) is 12.5 Å². The number of benzene rings is 1. The second-order valence-corrected chi connectivity index (χ2v) is 5.30. The number of aliphatic hydroxyl groups is 1. The molecule has 1 N–H and O–H groups in total. The van der Waals surface area contributed by atoms with Crippen LogP contribution >= 0.6 is 0 Å². The van der Waals surface area contributed by atoms with Gasteiger partial charge in [0.15, 0.2) is 0 Å². The average Bonchev–Trinajstić information content (AvgIpc) is 2.41. The van der Waals surface area contributed by atoms with Crippen molar-refractivity contribution in [2.75, 3.05) is 0 Å². The summed E-state index contributed by atoms with van der Waals surface area (Å²) in [5, 5.41) is 9.93. The number of unbranched alkanes of at least 4 members (excludes halogenated alkanes) is 5. The van der Waals surface area contributed by atoms with Crippen molar-refractivity contribution in [2.24, 2.45) is 0 Å². The molecule has 1 nitrogen and oxygen atoms in total. The van der Waals surface area contributed by atoms with Crippen molar-refractivity contribution < 1.29 is 22.7 Å². The predicted molar refractivity (Wildman–Crippen MR) is 74.4 cm³/mol. The highest BCUT2D eigenvalue weighted by Crippen LogP contribution is 2.36. The van der Waals surface area contributed by atoms with Gasteiger partial charge in [-0.25, -0.2) is 4.39 Å². The van der Waals surface area contributed by atoms with E-state index in [-0.39, 0.29) is 12.0 Å². The van der Waals surface area contributed by atoms with Gasteiger partial charge in [0.25, 0.3) is 0 Å². The molecular formula is C16H22F4O. The fourth-order valence-electron chi connectivity index (χ4n) is 2.34. The summed E-state index contributed by atoms with van der Waals surface area (Å²) in [7, 11) is 0. The van der Waals surface area contributed by atoms with Crippen LogP contribution in [-0.4, -0.2) is 5.11 Å². The number of hydrogen-bond donors (Lipinski definition) is 1. The number of hydrogen-bond acceptors (Lipinski definition) is 1. The number of halogens is 4. The summed E-state index contributed by atoms with van der Waals surface area (Å²) in [5.41, 5.74) is -1.32. The van der Waals surface area contributed by atoms with Crippen molar-refractivity contribution in [2.45, 2.75) is 64.1 Å². The fraction of sp³-hybridized carbons (Fsp3) is 0.625. The quantitative estimate of drug-likeness (QED) is 0.487. The molecule has 0 spiro atoms. The highest BCUT2D eigenvalue weighted by molar-refractivity contribution is 5.32. The minimum Gasteiger partial charge on any atom is -0.388 e. The van der Waals surface area contributed by atoms with E-state index in [4.69, 9.17) is 0 Å². The van der Waals surface area contributed by atoms with E-state index >= 15 is 0 Å². The lowest BCUT2D eigenvalue weighted by atomic mass is 9.97. The molecule has 1 aromatic rings. The van der Waals surface area contributed by atoms with Crippen LogP contribution in [-0.2, 0) is 6.18 Å². The summed E-state index contributed by atoms with van der Waals surface area (Å²) < 4.78 is 51.6. The molecule has 1 rings (SSSR count). The van der Waals surface area contributed by atoms with Crippen molar-refractivity contribution in [3.8, 4) is 0 Å². The summed E-state index contributed by atoms with van der Waals surface area (Å²) >= 11 is 0. The Balaban J connectivity index is 2.61. The molecule has 0 saturated heterocycles. The monoisotopic (exact) mass is 306 g/mol. The Morgan fingerprint density at radius 1 is 1.05 bits per heavy atom. The van der Waals surface area contributed by atoms with Gasteiger partial charge in [-0.05, 0) is 30.2 Å². The molecule has 21 heavy (non-hydrogen) atoms. The normalized spacial score (nSPS) is 13.4. The van der Waals surface area contributed by atoms with Crippen LogP contribution in [0, 0.1) is 5.82 Å². The van der Waals surface area contributed by atoms with Gasteiger partial charge in [0.1, 0.15) is 5.82 Å². The standard InChI is InChI=1S/C16H22F4O/c1-2-3-4-5-6-7-8-15(21)13-11-12(17)9-10-14(13)16(18,19)20/h9-11,15,21H,2-8H2,1H3. The molecule has 120 valence electrons. The second-order valence-electron chi connectivity index (χ2n) is 5.30. The zero-order valence-corrected chi connectivity index (χ0v) is 12.2. The van der Waals surface area contributed by atoms with E-state index in [1.807, 2.05) is 0 Å². The SMILES string of the molecule is CCCCCCCCC(O)c1cc(F)ccc1C(F)(F)F. The maximum Gasteiger partial charge on any atom is 0.416 e. The molecule has 0 bridgehead atoms. The number of aliphatic hydroxyl groups excluding tert-OH is 1. The van der Waals surface area contributed by atoms with E-state index in [0.717, 1.165) is 44.2 Å². The zero-order chi connectivity index (χ0) is 15.9. The van der Waals surface area contributed by atoms with Gasteiger partial charge in [0.05, 0.1) is 11.7 Å². The van der Waals surface area contributed by atoms with Crippen LogP contribution in [0.3, 0.4) is 0 Å². The van der Waals surface area contributed by atoms with Crippen LogP contribution in [0.4, 0.5) is 17.6 Å². The molecule has 1 unspecified atom stereocenters. The molecule has 0 saturated carbocycles. The minimum absolute atomic E-state index is 0.221. The summed E-state index contributed by atoms with van der Waals surface area (Å²) in [5.74, 6) is -0.764. The van der Waals surface area contributed by atoms with Crippen LogP contribution in [0.1, 0.15) is 69.1 Å². The third kappa shape index (κ3) is 6.04. The van der Waals surface area contributed by atoms with Gasteiger partial charge < -0.3 is 5.11 Å². The van der Waals surface area contributed by atoms with Crippen molar-refractivity contribution >= 4 is 0 Å². The lowest BCUT2D eigenvalue weighted by Crippen LogP contribution is -2.12. The van der Waals surface area contributed by atoms with Gasteiger partial charge in [0.2, 0.25) is 0 Å². The molecule has 0 fully saturated rings. The van der Waals surface area contributed by atoms with Crippen LogP contribution in [0.2, 0.25) is 0 Å². The number of alkyl halides is 3. The number of rotatable bonds is 8. The lowest BCUT2D eigenvalue weighted by molar-refractivity contribution is -0.139. The minimum atomic E-state index is -4.58. The summed E-state index contributed by atoms with van der Waals surface area (Å²) in [4.78, 5) is 0. The first-order valence-corrected chi connectivity index (χ1v) is 7.41. The first kappa shape index (κ1) is 18.0. The first-order chi connectivity index (χ1) is 9.86. The largest absolute Gasteiger partial charge is 0.416 e. The predicted octanol–water partition coefficient (Wildman–Crippen LogP) is 5.63. The van der Waals surface area contributed by atoms with Gasteiger partial charge in [-0.2, -0.15) is 13.2 Å². The third-order valence-corrected chi connectivity index (χ3v) is 3.51. The summed E-state index contributed by atoms with van der Waals surface area (Å²) in [6, 6.07) is 2.24. The molecule has 0 aliphatic rings. The Morgan fingerprint density at radius 2 is 1.67 bits per heavy atom. The molecule has 1 aromatic carbocycles. The van der Waals surface area contributed by atoms with E-state index in [1.165, 1.54) is 0 Å². The molecule has 0 aromatic heterocycles. The van der Waals surface area contributed by atoms with E-state index in [9.17, 15) is 22.7 Å². The van der Waals surface area contributed by atoms with Crippen molar-refractivity contribution in [3.63, 3.8) is 0 Å². The Morgan fingerprint density at radius 3 is 2.29 bits per heavy atom. The Bertz CT molecular complexity index is 429. The van der Waals surface area contributed by atoms with Crippen molar-refractivity contribution in [1.82, 2.24) is 0 Å². The van der Waals surface area contributed by atoms with Crippen molar-refractivity contribution in [1.29, 1.82) is 0 Å². The zero-order valence-electron chi connectivity index (χ0n) is 12.2.